The summed E-state index contributed by atoms with van der Waals surface area (Å²) in [4.78, 5) is 0. The summed E-state index contributed by atoms with van der Waals surface area (Å²) in [6.07, 6.45) is 0. The molecule has 0 spiro atoms. The normalized spacial score (nSPS) is 10.6. The molecular weight excluding hydrogens is 239 g/mol. The van der Waals surface area contributed by atoms with Crippen LogP contribution in [0.15, 0.2) is 22.7 Å². The van der Waals surface area contributed by atoms with Gasteiger partial charge in [0, 0.05) is 18.7 Å². The van der Waals surface area contributed by atoms with E-state index < -0.39 is 5.82 Å². The molecule has 96 valence electrons. The van der Waals surface area contributed by atoms with Crippen LogP contribution in [-0.4, -0.2) is 19.4 Å². The van der Waals surface area contributed by atoms with Crippen molar-refractivity contribution in [3.8, 4) is 17.0 Å². The Morgan fingerprint density at radius 2 is 2.11 bits per heavy atom. The van der Waals surface area contributed by atoms with Crippen molar-refractivity contribution in [3.63, 3.8) is 0 Å². The van der Waals surface area contributed by atoms with Crippen LogP contribution in [0.25, 0.3) is 11.3 Å². The molecule has 0 unspecified atom stereocenters. The minimum absolute atomic E-state index is 0.100. The number of benzene rings is 1. The molecule has 1 aromatic carbocycles. The van der Waals surface area contributed by atoms with Crippen LogP contribution in [0.2, 0.25) is 0 Å². The number of nitrogens with two attached hydrogens (primary N) is 1. The fraction of sp³-hybridized carbons (Fsp3) is 0.250. The van der Waals surface area contributed by atoms with Crippen molar-refractivity contribution in [2.45, 2.75) is 6.61 Å². The molecular formula is C12H13FN2O3. The lowest BCUT2D eigenvalue weighted by molar-refractivity contribution is 0.184. The number of hydrogen-bond donors (Lipinski definition) is 1. The smallest absolute Gasteiger partial charge is 0.222 e. The zero-order valence-corrected chi connectivity index (χ0v) is 10.1. The maximum atomic E-state index is 13.9. The van der Waals surface area contributed by atoms with E-state index >= 15 is 0 Å². The van der Waals surface area contributed by atoms with E-state index in [0.29, 0.717) is 23.4 Å². The van der Waals surface area contributed by atoms with Crippen molar-refractivity contribution >= 4 is 5.88 Å². The predicted molar refractivity (Wildman–Crippen MR) is 63.6 cm³/mol. The molecule has 0 saturated carbocycles. The molecule has 0 aliphatic rings. The first-order valence-electron chi connectivity index (χ1n) is 5.23. The van der Waals surface area contributed by atoms with Crippen molar-refractivity contribution in [1.82, 2.24) is 5.16 Å². The Morgan fingerprint density at radius 1 is 1.33 bits per heavy atom. The third kappa shape index (κ3) is 2.28. The second-order valence-electron chi connectivity index (χ2n) is 3.71. The Hall–Kier alpha value is -2.08. The number of ether oxygens (including phenoxy) is 2. The highest BCUT2D eigenvalue weighted by molar-refractivity contribution is 5.69. The number of halogens is 1. The fourth-order valence-electron chi connectivity index (χ4n) is 1.71. The molecule has 1 heterocycles. The van der Waals surface area contributed by atoms with Crippen LogP contribution in [0.3, 0.4) is 0 Å². The number of rotatable bonds is 4. The average molecular weight is 252 g/mol. The van der Waals surface area contributed by atoms with E-state index in [-0.39, 0.29) is 11.6 Å². The molecule has 0 amide bonds. The molecule has 1 aromatic heterocycles. The summed E-state index contributed by atoms with van der Waals surface area (Å²) < 4.78 is 28.6. The number of anilines is 1. The molecule has 0 aliphatic carbocycles. The summed E-state index contributed by atoms with van der Waals surface area (Å²) in [6.45, 7) is 0.293. The van der Waals surface area contributed by atoms with Gasteiger partial charge < -0.3 is 19.7 Å². The van der Waals surface area contributed by atoms with Gasteiger partial charge in [-0.1, -0.05) is 5.16 Å². The summed E-state index contributed by atoms with van der Waals surface area (Å²) in [5.41, 5.74) is 7.02. The summed E-state index contributed by atoms with van der Waals surface area (Å²) >= 11 is 0. The van der Waals surface area contributed by atoms with Gasteiger partial charge in [-0.25, -0.2) is 4.39 Å². The average Bonchev–Trinajstić information content (AvgIpc) is 2.75. The van der Waals surface area contributed by atoms with Crippen molar-refractivity contribution < 1.29 is 18.4 Å². The number of nitrogen functional groups attached to an aromatic ring is 1. The van der Waals surface area contributed by atoms with Gasteiger partial charge in [-0.15, -0.1) is 0 Å². The molecule has 2 aromatic rings. The highest BCUT2D eigenvalue weighted by atomic mass is 19.1. The first kappa shape index (κ1) is 12.4. The van der Waals surface area contributed by atoms with Gasteiger partial charge >= 0.3 is 0 Å². The third-order valence-electron chi connectivity index (χ3n) is 2.42. The van der Waals surface area contributed by atoms with Gasteiger partial charge in [-0.05, 0) is 17.7 Å². The Labute approximate surface area is 103 Å². The largest absolute Gasteiger partial charge is 0.493 e. The van der Waals surface area contributed by atoms with Crippen LogP contribution >= 0.6 is 0 Å². The predicted octanol–water partition coefficient (Wildman–Crippen LogP) is 2.22. The lowest BCUT2D eigenvalue weighted by Gasteiger charge is -2.09. The lowest BCUT2D eigenvalue weighted by Crippen LogP contribution is -1.96. The minimum atomic E-state index is -0.483. The molecule has 0 radical (unpaired) electrons. The Balaban J connectivity index is 2.55. The van der Waals surface area contributed by atoms with Crippen LogP contribution in [0.5, 0.6) is 5.75 Å². The Morgan fingerprint density at radius 3 is 2.67 bits per heavy atom. The van der Waals surface area contributed by atoms with Gasteiger partial charge in [0.05, 0.1) is 13.7 Å². The fourth-order valence-corrected chi connectivity index (χ4v) is 1.71. The van der Waals surface area contributed by atoms with Crippen molar-refractivity contribution in [1.29, 1.82) is 0 Å². The maximum absolute atomic E-state index is 13.9. The van der Waals surface area contributed by atoms with Crippen LogP contribution < -0.4 is 10.5 Å². The van der Waals surface area contributed by atoms with E-state index in [9.17, 15) is 4.39 Å². The first-order chi connectivity index (χ1) is 8.65. The van der Waals surface area contributed by atoms with Gasteiger partial charge in [0.25, 0.3) is 0 Å². The van der Waals surface area contributed by atoms with E-state index in [2.05, 4.69) is 5.16 Å². The SMILES string of the molecule is COCc1cc(F)c(OC)c(-c2cc(N)on2)c1. The van der Waals surface area contributed by atoms with Crippen molar-refractivity contribution in [2.24, 2.45) is 0 Å². The van der Waals surface area contributed by atoms with E-state index in [1.54, 1.807) is 6.07 Å². The highest BCUT2D eigenvalue weighted by Crippen LogP contribution is 2.33. The van der Waals surface area contributed by atoms with Crippen molar-refractivity contribution in [2.75, 3.05) is 20.0 Å². The Bertz CT molecular complexity index is 554. The van der Waals surface area contributed by atoms with Crippen molar-refractivity contribution in [3.05, 3.63) is 29.6 Å². The summed E-state index contributed by atoms with van der Waals surface area (Å²) in [7, 11) is 2.93. The molecule has 2 N–H and O–H groups in total. The molecule has 0 aliphatic heterocycles. The molecule has 6 heteroatoms. The van der Waals surface area contributed by atoms with E-state index in [4.69, 9.17) is 19.7 Å². The summed E-state index contributed by atoms with van der Waals surface area (Å²) in [6, 6.07) is 4.59. The van der Waals surface area contributed by atoms with Gasteiger partial charge in [0.1, 0.15) is 5.69 Å². The first-order valence-corrected chi connectivity index (χ1v) is 5.23. The van der Waals surface area contributed by atoms with Crippen LogP contribution in [-0.2, 0) is 11.3 Å². The third-order valence-corrected chi connectivity index (χ3v) is 2.42. The second-order valence-corrected chi connectivity index (χ2v) is 3.71. The maximum Gasteiger partial charge on any atom is 0.222 e. The van der Waals surface area contributed by atoms with E-state index in [1.165, 1.54) is 26.4 Å². The Kier molecular flexibility index (Phi) is 3.47. The van der Waals surface area contributed by atoms with Crippen LogP contribution in [0.4, 0.5) is 10.3 Å². The van der Waals surface area contributed by atoms with E-state index in [0.717, 1.165) is 0 Å². The topological polar surface area (TPSA) is 70.5 Å². The van der Waals surface area contributed by atoms with Gasteiger partial charge in [-0.2, -0.15) is 0 Å². The van der Waals surface area contributed by atoms with Gasteiger partial charge in [0.15, 0.2) is 11.6 Å². The van der Waals surface area contributed by atoms with Gasteiger partial charge in [0.2, 0.25) is 5.88 Å². The summed E-state index contributed by atoms with van der Waals surface area (Å²) in [5.74, 6) is -0.226. The van der Waals surface area contributed by atoms with Crippen LogP contribution in [0.1, 0.15) is 5.56 Å². The molecule has 5 nitrogen and oxygen atoms in total. The zero-order valence-electron chi connectivity index (χ0n) is 10.1. The molecule has 0 saturated heterocycles. The van der Waals surface area contributed by atoms with Crippen LogP contribution in [0, 0.1) is 5.82 Å². The number of aromatic nitrogens is 1. The second kappa shape index (κ2) is 5.05. The highest BCUT2D eigenvalue weighted by Gasteiger charge is 2.16. The summed E-state index contributed by atoms with van der Waals surface area (Å²) in [5, 5.41) is 3.75. The zero-order chi connectivity index (χ0) is 13.1. The van der Waals surface area contributed by atoms with Gasteiger partial charge in [-0.3, -0.25) is 0 Å². The minimum Gasteiger partial charge on any atom is -0.493 e. The molecule has 18 heavy (non-hydrogen) atoms. The molecule has 0 atom stereocenters. The number of methoxy groups -OCH3 is 2. The van der Waals surface area contributed by atoms with E-state index in [1.807, 2.05) is 0 Å². The molecule has 2 rings (SSSR count). The number of hydrogen-bond acceptors (Lipinski definition) is 5. The quantitative estimate of drug-likeness (QED) is 0.903. The standard InChI is InChI=1S/C12H13FN2O3/c1-16-6-7-3-8(10-5-11(14)18-15-10)12(17-2)9(13)4-7/h3-5H,6,14H2,1-2H3. The lowest BCUT2D eigenvalue weighted by atomic mass is 10.1. The molecule has 0 fully saturated rings. The number of nitrogens with zero attached hydrogens (tertiary/aromatic N) is 1. The molecule has 0 bridgehead atoms. The monoisotopic (exact) mass is 252 g/mol.